The van der Waals surface area contributed by atoms with E-state index >= 15 is 0 Å². The van der Waals surface area contributed by atoms with Crippen molar-refractivity contribution in [2.75, 3.05) is 0 Å². The van der Waals surface area contributed by atoms with E-state index in [2.05, 4.69) is 5.10 Å². The lowest BCUT2D eigenvalue weighted by molar-refractivity contribution is 0.0894. The van der Waals surface area contributed by atoms with Crippen molar-refractivity contribution in [2.24, 2.45) is 7.05 Å². The first-order chi connectivity index (χ1) is 8.08. The van der Waals surface area contributed by atoms with E-state index in [0.29, 0.717) is 16.8 Å². The second kappa shape index (κ2) is 4.63. The molecule has 0 spiro atoms. The van der Waals surface area contributed by atoms with Crippen LogP contribution < -0.4 is 0 Å². The summed E-state index contributed by atoms with van der Waals surface area (Å²) in [6, 6.07) is 1.73. The molecule has 0 N–H and O–H groups in total. The van der Waals surface area contributed by atoms with Crippen LogP contribution in [0.5, 0.6) is 0 Å². The molecule has 0 amide bonds. The molecule has 2 aromatic heterocycles. The predicted molar refractivity (Wildman–Crippen MR) is 65.5 cm³/mol. The third-order valence-corrected chi connectivity index (χ3v) is 3.16. The van der Waals surface area contributed by atoms with E-state index in [9.17, 15) is 9.59 Å². The van der Waals surface area contributed by atoms with Crippen LogP contribution in [-0.4, -0.2) is 21.3 Å². The topological polar surface area (TPSA) is 52.0 Å². The second-order valence-corrected chi connectivity index (χ2v) is 4.62. The molecule has 2 aromatic rings. The average Bonchev–Trinajstić information content (AvgIpc) is 2.87. The number of aromatic nitrogens is 2. The van der Waals surface area contributed by atoms with Crippen molar-refractivity contribution in [3.8, 4) is 0 Å². The average molecular weight is 248 g/mol. The molecule has 0 aliphatic rings. The molecule has 0 aliphatic carbocycles. The van der Waals surface area contributed by atoms with Crippen LogP contribution in [0.1, 0.15) is 32.8 Å². The quantitative estimate of drug-likeness (QED) is 0.616. The van der Waals surface area contributed by atoms with Gasteiger partial charge in [0.2, 0.25) is 0 Å². The fourth-order valence-corrected chi connectivity index (χ4v) is 2.30. The van der Waals surface area contributed by atoms with Crippen molar-refractivity contribution in [3.05, 3.63) is 39.8 Å². The summed E-state index contributed by atoms with van der Waals surface area (Å²) in [5, 5.41) is 7.67. The third-order valence-electron chi connectivity index (χ3n) is 2.48. The molecule has 0 fully saturated rings. The van der Waals surface area contributed by atoms with Crippen molar-refractivity contribution in [2.45, 2.75) is 13.3 Å². The third kappa shape index (κ3) is 2.50. The van der Waals surface area contributed by atoms with E-state index < -0.39 is 0 Å². The van der Waals surface area contributed by atoms with Gasteiger partial charge >= 0.3 is 0 Å². The van der Waals surface area contributed by atoms with Gasteiger partial charge in [-0.2, -0.15) is 16.4 Å². The van der Waals surface area contributed by atoms with Gasteiger partial charge in [0, 0.05) is 24.2 Å². The highest BCUT2D eigenvalue weighted by molar-refractivity contribution is 7.08. The molecule has 0 atom stereocenters. The smallest absolute Gasteiger partial charge is 0.174 e. The van der Waals surface area contributed by atoms with Gasteiger partial charge in [-0.15, -0.1) is 0 Å². The molecule has 5 heteroatoms. The summed E-state index contributed by atoms with van der Waals surface area (Å²) in [6.45, 7) is 1.77. The van der Waals surface area contributed by atoms with Crippen LogP contribution in [0.4, 0.5) is 0 Å². The number of Topliss-reactive ketones (excluding diaryl/α,β-unsaturated/α-hetero) is 2. The first-order valence-corrected chi connectivity index (χ1v) is 6.11. The Labute approximate surface area is 103 Å². The SMILES string of the molecule is Cc1nn(C)cc1C(=O)CC(=O)c1ccsc1. The Bertz CT molecular complexity index is 555. The van der Waals surface area contributed by atoms with Crippen molar-refractivity contribution in [1.29, 1.82) is 0 Å². The summed E-state index contributed by atoms with van der Waals surface area (Å²) in [7, 11) is 1.75. The van der Waals surface area contributed by atoms with Gasteiger partial charge in [0.15, 0.2) is 11.6 Å². The molecule has 0 aromatic carbocycles. The number of aryl methyl sites for hydroxylation is 2. The zero-order valence-corrected chi connectivity index (χ0v) is 10.5. The molecule has 0 saturated heterocycles. The maximum atomic E-state index is 11.9. The molecule has 0 radical (unpaired) electrons. The minimum Gasteiger partial charge on any atom is -0.294 e. The molecule has 2 rings (SSSR count). The Hall–Kier alpha value is -1.75. The summed E-state index contributed by atoms with van der Waals surface area (Å²) < 4.78 is 1.58. The van der Waals surface area contributed by atoms with Gasteiger partial charge < -0.3 is 0 Å². The Morgan fingerprint density at radius 1 is 1.41 bits per heavy atom. The molecule has 17 heavy (non-hydrogen) atoms. The first-order valence-electron chi connectivity index (χ1n) is 5.17. The zero-order valence-electron chi connectivity index (χ0n) is 9.64. The van der Waals surface area contributed by atoms with Crippen LogP contribution in [0.15, 0.2) is 23.0 Å². The van der Waals surface area contributed by atoms with E-state index in [4.69, 9.17) is 0 Å². The number of carbonyl (C=O) groups is 2. The molecular formula is C12H12N2O2S. The molecule has 4 nitrogen and oxygen atoms in total. The highest BCUT2D eigenvalue weighted by Gasteiger charge is 2.17. The molecule has 0 aliphatic heterocycles. The highest BCUT2D eigenvalue weighted by Crippen LogP contribution is 2.13. The van der Waals surface area contributed by atoms with Crippen LogP contribution >= 0.6 is 11.3 Å². The maximum absolute atomic E-state index is 11.9. The molecule has 0 saturated carbocycles. The fraction of sp³-hybridized carbons (Fsp3) is 0.250. The Morgan fingerprint density at radius 2 is 2.18 bits per heavy atom. The van der Waals surface area contributed by atoms with Gasteiger partial charge in [-0.3, -0.25) is 14.3 Å². The largest absolute Gasteiger partial charge is 0.294 e. The molecular weight excluding hydrogens is 236 g/mol. The molecule has 2 heterocycles. The summed E-state index contributed by atoms with van der Waals surface area (Å²) >= 11 is 1.45. The normalized spacial score (nSPS) is 10.5. The van der Waals surface area contributed by atoms with Crippen LogP contribution in [0, 0.1) is 6.92 Å². The molecule has 0 bridgehead atoms. The van der Waals surface area contributed by atoms with E-state index in [-0.39, 0.29) is 18.0 Å². The van der Waals surface area contributed by atoms with E-state index in [1.54, 1.807) is 36.3 Å². The fourth-order valence-electron chi connectivity index (χ4n) is 1.64. The zero-order chi connectivity index (χ0) is 12.4. The van der Waals surface area contributed by atoms with Gasteiger partial charge in [0.1, 0.15) is 0 Å². The second-order valence-electron chi connectivity index (χ2n) is 3.84. The first kappa shape index (κ1) is 11.7. The minimum atomic E-state index is -0.174. The Morgan fingerprint density at radius 3 is 2.71 bits per heavy atom. The lowest BCUT2D eigenvalue weighted by Gasteiger charge is -1.97. The summed E-state index contributed by atoms with van der Waals surface area (Å²) in [5.41, 5.74) is 1.79. The van der Waals surface area contributed by atoms with Gasteiger partial charge in [0.05, 0.1) is 17.7 Å². The van der Waals surface area contributed by atoms with Crippen molar-refractivity contribution >= 4 is 22.9 Å². The van der Waals surface area contributed by atoms with Crippen molar-refractivity contribution in [3.63, 3.8) is 0 Å². The van der Waals surface area contributed by atoms with Gasteiger partial charge in [0.25, 0.3) is 0 Å². The standard InChI is InChI=1S/C12H12N2O2S/c1-8-10(6-14(2)13-8)12(16)5-11(15)9-3-4-17-7-9/h3-4,6-7H,5H2,1-2H3. The molecule has 88 valence electrons. The van der Waals surface area contributed by atoms with Gasteiger partial charge in [-0.25, -0.2) is 0 Å². The van der Waals surface area contributed by atoms with Gasteiger partial charge in [-0.1, -0.05) is 0 Å². The van der Waals surface area contributed by atoms with Crippen LogP contribution in [0.25, 0.3) is 0 Å². The number of rotatable bonds is 4. The number of hydrogen-bond donors (Lipinski definition) is 0. The summed E-state index contributed by atoms with van der Waals surface area (Å²) in [4.78, 5) is 23.7. The molecule has 0 unspecified atom stereocenters. The van der Waals surface area contributed by atoms with Crippen molar-refractivity contribution in [1.82, 2.24) is 9.78 Å². The number of carbonyl (C=O) groups excluding carboxylic acids is 2. The summed E-state index contributed by atoms with van der Waals surface area (Å²) in [6.07, 6.45) is 1.56. The van der Waals surface area contributed by atoms with Crippen LogP contribution in [0.3, 0.4) is 0 Å². The van der Waals surface area contributed by atoms with E-state index in [1.165, 1.54) is 11.3 Å². The van der Waals surface area contributed by atoms with Gasteiger partial charge in [-0.05, 0) is 18.4 Å². The number of ketones is 2. The summed E-state index contributed by atoms with van der Waals surface area (Å²) in [5.74, 6) is -0.314. The van der Waals surface area contributed by atoms with Crippen molar-refractivity contribution < 1.29 is 9.59 Å². The van der Waals surface area contributed by atoms with Crippen LogP contribution in [-0.2, 0) is 7.05 Å². The number of thiophene rings is 1. The Kier molecular flexibility index (Phi) is 3.19. The monoisotopic (exact) mass is 248 g/mol. The van der Waals surface area contributed by atoms with E-state index in [1.807, 2.05) is 5.38 Å². The van der Waals surface area contributed by atoms with E-state index in [0.717, 1.165) is 0 Å². The number of hydrogen-bond acceptors (Lipinski definition) is 4. The minimum absolute atomic E-state index is 0.0940. The lowest BCUT2D eigenvalue weighted by Crippen LogP contribution is -2.08. The number of nitrogens with zero attached hydrogens (tertiary/aromatic N) is 2. The Balaban J connectivity index is 2.12. The lowest BCUT2D eigenvalue weighted by atomic mass is 10.0. The highest BCUT2D eigenvalue weighted by atomic mass is 32.1. The van der Waals surface area contributed by atoms with Crippen LogP contribution in [0.2, 0.25) is 0 Å². The maximum Gasteiger partial charge on any atom is 0.174 e. The predicted octanol–water partition coefficient (Wildman–Crippen LogP) is 2.25.